The zero-order valence-electron chi connectivity index (χ0n) is 10.5. The fourth-order valence-corrected chi connectivity index (χ4v) is 1.82. The highest BCUT2D eigenvalue weighted by Gasteiger charge is 2.08. The molecule has 2 aromatic rings. The first-order valence-corrected chi connectivity index (χ1v) is 5.70. The van der Waals surface area contributed by atoms with Gasteiger partial charge < -0.3 is 10.6 Å². The molecule has 4 heteroatoms. The minimum atomic E-state index is -0.0185. The molecule has 0 aliphatic rings. The SMILES string of the molecule is Cc1ccccc1N(C)c1cccc(C(=N)N)n1. The number of para-hydroxylation sites is 1. The monoisotopic (exact) mass is 240 g/mol. The first kappa shape index (κ1) is 12.1. The van der Waals surface area contributed by atoms with Crippen molar-refractivity contribution in [2.45, 2.75) is 6.92 Å². The van der Waals surface area contributed by atoms with Crippen LogP contribution in [0.25, 0.3) is 0 Å². The molecule has 0 unspecified atom stereocenters. The van der Waals surface area contributed by atoms with Gasteiger partial charge in [-0.05, 0) is 30.7 Å². The van der Waals surface area contributed by atoms with Gasteiger partial charge in [0.1, 0.15) is 17.3 Å². The predicted molar refractivity (Wildman–Crippen MR) is 74.5 cm³/mol. The van der Waals surface area contributed by atoms with Gasteiger partial charge in [-0.25, -0.2) is 4.98 Å². The van der Waals surface area contributed by atoms with E-state index in [1.54, 1.807) is 6.07 Å². The van der Waals surface area contributed by atoms with Crippen molar-refractivity contribution >= 4 is 17.3 Å². The van der Waals surface area contributed by atoms with Crippen molar-refractivity contribution in [1.82, 2.24) is 4.98 Å². The lowest BCUT2D eigenvalue weighted by molar-refractivity contribution is 1.10. The summed E-state index contributed by atoms with van der Waals surface area (Å²) in [4.78, 5) is 6.35. The number of anilines is 2. The van der Waals surface area contributed by atoms with Crippen LogP contribution in [0.5, 0.6) is 0 Å². The van der Waals surface area contributed by atoms with Gasteiger partial charge in [-0.15, -0.1) is 0 Å². The topological polar surface area (TPSA) is 66.0 Å². The van der Waals surface area contributed by atoms with Gasteiger partial charge in [-0.3, -0.25) is 5.41 Å². The summed E-state index contributed by atoms with van der Waals surface area (Å²) in [5.41, 5.74) is 8.21. The second-order valence-electron chi connectivity index (χ2n) is 4.14. The molecule has 3 N–H and O–H groups in total. The number of hydrogen-bond donors (Lipinski definition) is 2. The maximum Gasteiger partial charge on any atom is 0.141 e. The maximum absolute atomic E-state index is 7.42. The fourth-order valence-electron chi connectivity index (χ4n) is 1.82. The molecular weight excluding hydrogens is 224 g/mol. The molecule has 18 heavy (non-hydrogen) atoms. The van der Waals surface area contributed by atoms with Crippen molar-refractivity contribution in [2.75, 3.05) is 11.9 Å². The van der Waals surface area contributed by atoms with Crippen molar-refractivity contribution in [3.8, 4) is 0 Å². The van der Waals surface area contributed by atoms with E-state index in [9.17, 15) is 0 Å². The van der Waals surface area contributed by atoms with E-state index in [0.717, 1.165) is 11.5 Å². The summed E-state index contributed by atoms with van der Waals surface area (Å²) >= 11 is 0. The number of benzene rings is 1. The molecule has 1 aromatic carbocycles. The van der Waals surface area contributed by atoms with Crippen LogP contribution in [0.15, 0.2) is 42.5 Å². The Labute approximate surface area is 107 Å². The lowest BCUT2D eigenvalue weighted by Crippen LogP contribution is -2.17. The smallest absolute Gasteiger partial charge is 0.141 e. The van der Waals surface area contributed by atoms with Crippen LogP contribution in [0.1, 0.15) is 11.3 Å². The zero-order valence-corrected chi connectivity index (χ0v) is 10.5. The third-order valence-electron chi connectivity index (χ3n) is 2.83. The first-order valence-electron chi connectivity index (χ1n) is 5.70. The minimum absolute atomic E-state index is 0.0185. The van der Waals surface area contributed by atoms with Crippen molar-refractivity contribution in [3.05, 3.63) is 53.7 Å². The number of pyridine rings is 1. The summed E-state index contributed by atoms with van der Waals surface area (Å²) in [6.07, 6.45) is 0. The van der Waals surface area contributed by atoms with Crippen LogP contribution >= 0.6 is 0 Å². The number of nitrogens with two attached hydrogens (primary N) is 1. The van der Waals surface area contributed by atoms with Crippen LogP contribution in [0.3, 0.4) is 0 Å². The highest BCUT2D eigenvalue weighted by atomic mass is 15.2. The molecule has 0 saturated carbocycles. The van der Waals surface area contributed by atoms with E-state index in [-0.39, 0.29) is 5.84 Å². The molecule has 0 saturated heterocycles. The van der Waals surface area contributed by atoms with Gasteiger partial charge >= 0.3 is 0 Å². The Morgan fingerprint density at radius 1 is 1.17 bits per heavy atom. The molecule has 0 aliphatic heterocycles. The van der Waals surface area contributed by atoms with Gasteiger partial charge in [0.2, 0.25) is 0 Å². The third-order valence-corrected chi connectivity index (χ3v) is 2.83. The molecule has 2 rings (SSSR count). The average Bonchev–Trinajstić information content (AvgIpc) is 2.38. The second kappa shape index (κ2) is 4.87. The van der Waals surface area contributed by atoms with Gasteiger partial charge in [-0.2, -0.15) is 0 Å². The molecule has 1 aromatic heterocycles. The van der Waals surface area contributed by atoms with E-state index in [1.165, 1.54) is 5.56 Å². The van der Waals surface area contributed by atoms with E-state index >= 15 is 0 Å². The van der Waals surface area contributed by atoms with Crippen molar-refractivity contribution in [1.29, 1.82) is 5.41 Å². The Morgan fingerprint density at radius 2 is 1.89 bits per heavy atom. The molecule has 0 bridgehead atoms. The van der Waals surface area contributed by atoms with Gasteiger partial charge in [0.05, 0.1) is 0 Å². The number of nitrogens with zero attached hydrogens (tertiary/aromatic N) is 2. The van der Waals surface area contributed by atoms with Crippen LogP contribution in [-0.4, -0.2) is 17.9 Å². The summed E-state index contributed by atoms with van der Waals surface area (Å²) in [5.74, 6) is 0.757. The number of nitrogens with one attached hydrogen (secondary N) is 1. The zero-order chi connectivity index (χ0) is 13.1. The Morgan fingerprint density at radius 3 is 2.56 bits per heavy atom. The lowest BCUT2D eigenvalue weighted by atomic mass is 10.2. The molecule has 0 spiro atoms. The van der Waals surface area contributed by atoms with Crippen molar-refractivity contribution in [2.24, 2.45) is 5.73 Å². The quantitative estimate of drug-likeness (QED) is 0.639. The third kappa shape index (κ3) is 2.32. The number of nitrogen functional groups attached to an aromatic ring is 1. The van der Waals surface area contributed by atoms with Gasteiger partial charge in [0.15, 0.2) is 0 Å². The summed E-state index contributed by atoms with van der Waals surface area (Å²) in [7, 11) is 1.95. The Bertz CT molecular complexity index is 578. The van der Waals surface area contributed by atoms with Crippen LogP contribution in [0.4, 0.5) is 11.5 Å². The summed E-state index contributed by atoms with van der Waals surface area (Å²) in [6, 6.07) is 13.6. The van der Waals surface area contributed by atoms with E-state index in [1.807, 2.05) is 42.3 Å². The number of hydrogen-bond acceptors (Lipinski definition) is 3. The van der Waals surface area contributed by atoms with Crippen LogP contribution in [0.2, 0.25) is 0 Å². The first-order chi connectivity index (χ1) is 8.59. The summed E-state index contributed by atoms with van der Waals surface area (Å²) in [5, 5.41) is 7.42. The number of amidine groups is 1. The highest BCUT2D eigenvalue weighted by molar-refractivity contribution is 5.93. The average molecular weight is 240 g/mol. The number of rotatable bonds is 3. The highest BCUT2D eigenvalue weighted by Crippen LogP contribution is 2.24. The number of aromatic nitrogens is 1. The molecule has 1 heterocycles. The lowest BCUT2D eigenvalue weighted by Gasteiger charge is -2.20. The van der Waals surface area contributed by atoms with Gasteiger partial charge in [0, 0.05) is 12.7 Å². The van der Waals surface area contributed by atoms with Gasteiger partial charge in [-0.1, -0.05) is 24.3 Å². The van der Waals surface area contributed by atoms with Crippen molar-refractivity contribution in [3.63, 3.8) is 0 Å². The minimum Gasteiger partial charge on any atom is -0.382 e. The number of aryl methyl sites for hydroxylation is 1. The van der Waals surface area contributed by atoms with Crippen LogP contribution < -0.4 is 10.6 Å². The van der Waals surface area contributed by atoms with Gasteiger partial charge in [0.25, 0.3) is 0 Å². The van der Waals surface area contributed by atoms with E-state index in [4.69, 9.17) is 11.1 Å². The molecule has 92 valence electrons. The second-order valence-corrected chi connectivity index (χ2v) is 4.14. The van der Waals surface area contributed by atoms with E-state index < -0.39 is 0 Å². The largest absolute Gasteiger partial charge is 0.382 e. The molecule has 0 atom stereocenters. The maximum atomic E-state index is 7.42. The normalized spacial score (nSPS) is 10.1. The summed E-state index contributed by atoms with van der Waals surface area (Å²) < 4.78 is 0. The van der Waals surface area contributed by atoms with E-state index in [0.29, 0.717) is 5.69 Å². The Balaban J connectivity index is 2.40. The molecule has 0 fully saturated rings. The van der Waals surface area contributed by atoms with Crippen LogP contribution in [-0.2, 0) is 0 Å². The Kier molecular flexibility index (Phi) is 3.28. The fraction of sp³-hybridized carbons (Fsp3) is 0.143. The molecule has 0 amide bonds. The summed E-state index contributed by atoms with van der Waals surface area (Å²) in [6.45, 7) is 2.06. The molecule has 0 aliphatic carbocycles. The standard InChI is InChI=1S/C14H16N4/c1-10-6-3-4-8-12(10)18(2)13-9-5-7-11(17-13)14(15)16/h3-9H,1-2H3,(H3,15,16). The van der Waals surface area contributed by atoms with E-state index in [2.05, 4.69) is 18.0 Å². The Hall–Kier alpha value is -2.36. The molecule has 4 nitrogen and oxygen atoms in total. The van der Waals surface area contributed by atoms with Crippen LogP contribution in [0, 0.1) is 12.3 Å². The molecular formula is C14H16N4. The predicted octanol–water partition coefficient (Wildman–Crippen LogP) is 2.44. The molecule has 0 radical (unpaired) electrons. The van der Waals surface area contributed by atoms with Crippen molar-refractivity contribution < 1.29 is 0 Å².